The van der Waals surface area contributed by atoms with Crippen molar-refractivity contribution >= 4 is 24.7 Å². The topological polar surface area (TPSA) is 68.3 Å². The molecule has 34 valence electrons. The van der Waals surface area contributed by atoms with Crippen LogP contribution in [0.2, 0.25) is 0 Å². The molecular weight excluding hydrogens is 369 g/mol. The van der Waals surface area contributed by atoms with Crippen LogP contribution in [0.4, 0.5) is 0 Å². The molecule has 0 aliphatic carbocycles. The summed E-state index contributed by atoms with van der Waals surface area (Å²) in [6.07, 6.45) is 0. The molecule has 0 atom stereocenters. The fraction of sp³-hybridized carbons (Fsp3) is 0. The first-order valence-corrected chi connectivity index (χ1v) is 4.56. The van der Waals surface area contributed by atoms with Gasteiger partial charge in [0.25, 0.3) is 0 Å². The molecule has 0 aromatic carbocycles. The summed E-state index contributed by atoms with van der Waals surface area (Å²) in [4.78, 5) is 0. The monoisotopic (exact) mass is 371 g/mol. The summed E-state index contributed by atoms with van der Waals surface area (Å²) in [5, 5.41) is 0. The standard InChI is InChI=1S/Bi.Mo.4O/q+1;;;;;. The van der Waals surface area contributed by atoms with Crippen molar-refractivity contribution in [3.8, 4) is 0 Å². The molecule has 0 spiro atoms. The van der Waals surface area contributed by atoms with Gasteiger partial charge in [-0.05, 0) is 0 Å². The van der Waals surface area contributed by atoms with Gasteiger partial charge in [0.05, 0.1) is 0 Å². The van der Waals surface area contributed by atoms with Gasteiger partial charge in [-0.1, -0.05) is 0 Å². The summed E-state index contributed by atoms with van der Waals surface area (Å²) in [5.41, 5.74) is 0. The van der Waals surface area contributed by atoms with Crippen LogP contribution in [0.1, 0.15) is 0 Å². The van der Waals surface area contributed by atoms with Crippen LogP contribution in [0.15, 0.2) is 0 Å². The summed E-state index contributed by atoms with van der Waals surface area (Å²) < 4.78 is 34.1. The average molecular weight is 369 g/mol. The van der Waals surface area contributed by atoms with E-state index in [4.69, 9.17) is 13.0 Å². The van der Waals surface area contributed by atoms with Crippen molar-refractivity contribution in [1.29, 1.82) is 0 Å². The van der Waals surface area contributed by atoms with Crippen LogP contribution in [-0.4, -0.2) is 24.7 Å². The molecule has 0 rings (SSSR count). The zero-order valence-electron chi connectivity index (χ0n) is 2.49. The molecule has 4 nitrogen and oxygen atoms in total. The molecule has 0 aromatic heterocycles. The fourth-order valence-corrected chi connectivity index (χ4v) is 0. The van der Waals surface area contributed by atoms with E-state index in [9.17, 15) is 0 Å². The zero-order chi connectivity index (χ0) is 5.58. The van der Waals surface area contributed by atoms with E-state index in [2.05, 4.69) is 0 Å². The average Bonchev–Trinajstić information content (AvgIpc) is 1.41. The van der Waals surface area contributed by atoms with E-state index in [0.29, 0.717) is 0 Å². The van der Waals surface area contributed by atoms with Gasteiger partial charge in [0, 0.05) is 0 Å². The molecule has 0 aliphatic heterocycles. The van der Waals surface area contributed by atoms with Crippen LogP contribution < -0.4 is 0 Å². The Balaban J connectivity index is 0. The van der Waals surface area contributed by atoms with Crippen molar-refractivity contribution in [2.45, 2.75) is 0 Å². The van der Waals surface area contributed by atoms with Crippen LogP contribution >= 0.6 is 0 Å². The molecule has 2 radical (unpaired) electrons. The van der Waals surface area contributed by atoms with Gasteiger partial charge in [-0.25, -0.2) is 0 Å². The molecule has 0 saturated carbocycles. The van der Waals surface area contributed by atoms with Crippen molar-refractivity contribution in [1.82, 2.24) is 0 Å². The minimum atomic E-state index is -4.11. The number of hydrogen-bond acceptors (Lipinski definition) is 4. The second-order valence-corrected chi connectivity index (χ2v) is 1.21. The zero-order valence-corrected chi connectivity index (χ0v) is 7.97. The number of rotatable bonds is 0. The summed E-state index contributed by atoms with van der Waals surface area (Å²) in [5.74, 6) is 0. The molecule has 0 saturated heterocycles. The molecule has 0 unspecified atom stereocenters. The third-order valence-corrected chi connectivity index (χ3v) is 0. The van der Waals surface area contributed by atoms with Crippen molar-refractivity contribution in [3.05, 3.63) is 0 Å². The molecular formula is BiMoO4+. The molecule has 0 aliphatic rings. The van der Waals surface area contributed by atoms with Gasteiger partial charge in [-0.15, -0.1) is 0 Å². The van der Waals surface area contributed by atoms with Crippen molar-refractivity contribution < 1.29 is 30.2 Å². The summed E-state index contributed by atoms with van der Waals surface area (Å²) in [6, 6.07) is 0. The van der Waals surface area contributed by atoms with Gasteiger partial charge in [0.1, 0.15) is 0 Å². The van der Waals surface area contributed by atoms with E-state index >= 15 is 0 Å². The Kier molecular flexibility index (Phi) is 15.3. The Hall–Kier alpha value is 0.771. The van der Waals surface area contributed by atoms with Gasteiger partial charge in [-0.2, -0.15) is 0 Å². The Bertz CT molecular complexity index is 87.7. The quantitative estimate of drug-likeness (QED) is 0.522. The van der Waals surface area contributed by atoms with Gasteiger partial charge in [0.2, 0.25) is 0 Å². The molecule has 0 amide bonds. The van der Waals surface area contributed by atoms with E-state index in [1.165, 1.54) is 0 Å². The summed E-state index contributed by atoms with van der Waals surface area (Å²) in [6.45, 7) is 0. The van der Waals surface area contributed by atoms with Crippen LogP contribution in [0, 0.1) is 0 Å². The van der Waals surface area contributed by atoms with Crippen molar-refractivity contribution in [2.24, 2.45) is 0 Å². The van der Waals surface area contributed by atoms with E-state index < -0.39 is 17.2 Å². The van der Waals surface area contributed by atoms with Crippen molar-refractivity contribution in [3.63, 3.8) is 0 Å². The molecule has 0 N–H and O–H groups in total. The van der Waals surface area contributed by atoms with Gasteiger partial charge >= 0.3 is 54.9 Å². The van der Waals surface area contributed by atoms with Gasteiger partial charge < -0.3 is 0 Å². The van der Waals surface area contributed by atoms with Crippen molar-refractivity contribution in [2.75, 3.05) is 0 Å². The van der Waals surface area contributed by atoms with Crippen LogP contribution in [0.3, 0.4) is 0 Å². The van der Waals surface area contributed by atoms with E-state index in [-0.39, 0.29) is 24.7 Å². The third kappa shape index (κ3) is 114. The number of hydrogen-bond donors (Lipinski definition) is 0. The Morgan fingerprint density at radius 3 is 1.00 bits per heavy atom. The fourth-order valence-electron chi connectivity index (χ4n) is 0. The molecule has 0 heterocycles. The van der Waals surface area contributed by atoms with Crippen LogP contribution in [-0.2, 0) is 30.2 Å². The first kappa shape index (κ1) is 9.91. The van der Waals surface area contributed by atoms with E-state index in [1.54, 1.807) is 0 Å². The third-order valence-electron chi connectivity index (χ3n) is 0. The molecule has 0 aromatic rings. The van der Waals surface area contributed by atoms with Gasteiger partial charge in [0.15, 0.2) is 0 Å². The SMILES string of the molecule is [O]=[Bi+].[O]=[Mo](=[O])=[O]. The minimum absolute atomic E-state index is 0.194. The second-order valence-electron chi connectivity index (χ2n) is 0.204. The van der Waals surface area contributed by atoms with Crippen LogP contribution in [0.5, 0.6) is 0 Å². The van der Waals surface area contributed by atoms with Crippen LogP contribution in [0.25, 0.3) is 0 Å². The first-order chi connectivity index (χ1) is 2.73. The molecule has 0 fully saturated rings. The summed E-state index contributed by atoms with van der Waals surface area (Å²) in [7, 11) is 0. The Morgan fingerprint density at radius 2 is 1.00 bits per heavy atom. The normalized spacial score (nSPS) is 4.67. The maximum atomic E-state index is 8.59. The maximum absolute atomic E-state index is 8.59. The summed E-state index contributed by atoms with van der Waals surface area (Å²) >= 11 is -3.91. The predicted molar refractivity (Wildman–Crippen MR) is 8.50 cm³/mol. The second kappa shape index (κ2) is 9.24. The first-order valence-electron chi connectivity index (χ1n) is 0.683. The van der Waals surface area contributed by atoms with E-state index in [1.807, 2.05) is 0 Å². The molecule has 0 bridgehead atoms. The van der Waals surface area contributed by atoms with Gasteiger partial charge in [-0.3, -0.25) is 0 Å². The molecule has 6 heteroatoms. The Morgan fingerprint density at radius 1 is 1.00 bits per heavy atom. The Labute approximate surface area is 54.7 Å². The van der Waals surface area contributed by atoms with E-state index in [0.717, 1.165) is 0 Å². The predicted octanol–water partition coefficient (Wildman–Crippen LogP) is -0.859. The molecule has 6 heavy (non-hydrogen) atoms.